The lowest BCUT2D eigenvalue weighted by Crippen LogP contribution is -2.17. The van der Waals surface area contributed by atoms with E-state index in [1.165, 1.54) is 16.2 Å². The number of carbonyl (C=O) groups is 1. The minimum atomic E-state index is -0.182. The first-order valence-electron chi connectivity index (χ1n) is 5.23. The van der Waals surface area contributed by atoms with Crippen LogP contribution in [-0.4, -0.2) is 11.6 Å². The molecular weight excluding hydrogens is 332 g/mol. The normalized spacial score (nSPS) is 11.6. The molecule has 2 rings (SSSR count). The molecule has 0 saturated carbocycles. The van der Waals surface area contributed by atoms with Gasteiger partial charge in [0.15, 0.2) is 0 Å². The van der Waals surface area contributed by atoms with Gasteiger partial charge in [0.2, 0.25) is 0 Å². The molecule has 1 N–H and O–H groups in total. The first-order chi connectivity index (χ1) is 8.56. The average molecular weight is 343 g/mol. The van der Waals surface area contributed by atoms with Crippen LogP contribution in [0.3, 0.4) is 0 Å². The molecule has 18 heavy (non-hydrogen) atoms. The van der Waals surface area contributed by atoms with E-state index in [1.54, 1.807) is 17.4 Å². The van der Waals surface area contributed by atoms with Gasteiger partial charge >= 0.3 is 0 Å². The molecule has 2 aromatic heterocycles. The molecule has 0 aliphatic rings. The molecule has 3 nitrogen and oxygen atoms in total. The molecule has 1 amide bonds. The van der Waals surface area contributed by atoms with Crippen molar-refractivity contribution in [1.82, 2.24) is 5.43 Å². The van der Waals surface area contributed by atoms with Crippen LogP contribution in [-0.2, 0) is 0 Å². The molecule has 0 aliphatic heterocycles. The van der Waals surface area contributed by atoms with Gasteiger partial charge in [0.1, 0.15) is 0 Å². The SMILES string of the molecule is C/C(=N/NC(=O)c1ccc(Br)s1)c1ccc(C)s1. The molecule has 2 aromatic rings. The molecule has 0 unspecified atom stereocenters. The number of nitrogens with one attached hydrogen (secondary N) is 1. The Balaban J connectivity index is 2.04. The van der Waals surface area contributed by atoms with Crippen molar-refractivity contribution in [2.24, 2.45) is 5.10 Å². The molecule has 6 heteroatoms. The van der Waals surface area contributed by atoms with Crippen molar-refractivity contribution in [3.63, 3.8) is 0 Å². The third kappa shape index (κ3) is 3.28. The molecule has 0 aliphatic carbocycles. The van der Waals surface area contributed by atoms with E-state index < -0.39 is 0 Å². The third-order valence-electron chi connectivity index (χ3n) is 2.22. The quantitative estimate of drug-likeness (QED) is 0.663. The fourth-order valence-corrected chi connectivity index (χ4v) is 3.40. The number of rotatable bonds is 3. The zero-order valence-corrected chi connectivity index (χ0v) is 13.1. The van der Waals surface area contributed by atoms with Crippen LogP contribution in [0.2, 0.25) is 0 Å². The Morgan fingerprint density at radius 2 is 1.94 bits per heavy atom. The van der Waals surface area contributed by atoms with E-state index in [2.05, 4.69) is 26.5 Å². The van der Waals surface area contributed by atoms with Crippen LogP contribution in [0.25, 0.3) is 0 Å². The maximum Gasteiger partial charge on any atom is 0.281 e. The monoisotopic (exact) mass is 342 g/mol. The summed E-state index contributed by atoms with van der Waals surface area (Å²) >= 11 is 6.37. The first kappa shape index (κ1) is 13.5. The lowest BCUT2D eigenvalue weighted by molar-refractivity contribution is 0.0959. The fourth-order valence-electron chi connectivity index (χ4n) is 1.31. The molecular formula is C12H11BrN2OS2. The van der Waals surface area contributed by atoms with Crippen LogP contribution >= 0.6 is 38.6 Å². The Labute approximate surface area is 122 Å². The molecule has 2 heterocycles. The maximum atomic E-state index is 11.8. The van der Waals surface area contributed by atoms with Crippen molar-refractivity contribution in [3.8, 4) is 0 Å². The maximum absolute atomic E-state index is 11.8. The van der Waals surface area contributed by atoms with Gasteiger partial charge in [0, 0.05) is 4.88 Å². The van der Waals surface area contributed by atoms with Crippen LogP contribution in [0.5, 0.6) is 0 Å². The van der Waals surface area contributed by atoms with Crippen molar-refractivity contribution >= 4 is 50.2 Å². The Kier molecular flexibility index (Phi) is 4.31. The van der Waals surface area contributed by atoms with Crippen molar-refractivity contribution in [3.05, 3.63) is 42.7 Å². The van der Waals surface area contributed by atoms with Crippen molar-refractivity contribution < 1.29 is 4.79 Å². The second-order valence-electron chi connectivity index (χ2n) is 3.65. The van der Waals surface area contributed by atoms with Crippen LogP contribution in [0.1, 0.15) is 26.3 Å². The van der Waals surface area contributed by atoms with Gasteiger partial charge in [0.25, 0.3) is 5.91 Å². The summed E-state index contributed by atoms with van der Waals surface area (Å²) in [5.41, 5.74) is 3.38. The Hall–Kier alpha value is -0.980. The van der Waals surface area contributed by atoms with E-state index in [-0.39, 0.29) is 5.91 Å². The molecule has 0 fully saturated rings. The van der Waals surface area contributed by atoms with Crippen molar-refractivity contribution in [1.29, 1.82) is 0 Å². The van der Waals surface area contributed by atoms with Crippen molar-refractivity contribution in [2.75, 3.05) is 0 Å². The summed E-state index contributed by atoms with van der Waals surface area (Å²) in [7, 11) is 0. The summed E-state index contributed by atoms with van der Waals surface area (Å²) in [6.45, 7) is 3.93. The number of thiophene rings is 2. The topological polar surface area (TPSA) is 41.5 Å². The van der Waals surface area contributed by atoms with Crippen molar-refractivity contribution in [2.45, 2.75) is 13.8 Å². The number of carbonyl (C=O) groups excluding carboxylic acids is 1. The zero-order chi connectivity index (χ0) is 13.1. The molecule has 94 valence electrons. The highest BCUT2D eigenvalue weighted by atomic mass is 79.9. The van der Waals surface area contributed by atoms with E-state index in [0.29, 0.717) is 4.88 Å². The summed E-state index contributed by atoms with van der Waals surface area (Å²) in [5, 5.41) is 4.11. The van der Waals surface area contributed by atoms with Gasteiger partial charge in [-0.05, 0) is 54.0 Å². The van der Waals surface area contributed by atoms with E-state index >= 15 is 0 Å². The second-order valence-corrected chi connectivity index (χ2v) is 7.40. The lowest BCUT2D eigenvalue weighted by Gasteiger charge is -1.98. The number of hydrogen-bond donors (Lipinski definition) is 1. The minimum Gasteiger partial charge on any atom is -0.266 e. The van der Waals surface area contributed by atoms with Crippen LogP contribution in [0, 0.1) is 6.92 Å². The smallest absolute Gasteiger partial charge is 0.266 e. The molecule has 0 spiro atoms. The molecule has 0 radical (unpaired) electrons. The van der Waals surface area contributed by atoms with E-state index in [0.717, 1.165) is 14.4 Å². The Morgan fingerprint density at radius 3 is 2.50 bits per heavy atom. The van der Waals surface area contributed by atoms with Gasteiger partial charge in [-0.25, -0.2) is 5.43 Å². The standard InChI is InChI=1S/C12H11BrN2OS2/c1-7-3-4-9(17-7)8(2)14-15-12(16)10-5-6-11(13)18-10/h3-6H,1-2H3,(H,15,16)/b14-8-. The molecule has 0 aromatic carbocycles. The Morgan fingerprint density at radius 1 is 1.22 bits per heavy atom. The predicted molar refractivity (Wildman–Crippen MR) is 80.8 cm³/mol. The van der Waals surface area contributed by atoms with Gasteiger partial charge in [-0.2, -0.15) is 5.10 Å². The highest BCUT2D eigenvalue weighted by Gasteiger charge is 2.08. The van der Waals surface area contributed by atoms with Gasteiger partial charge in [-0.1, -0.05) is 0 Å². The minimum absolute atomic E-state index is 0.182. The summed E-state index contributed by atoms with van der Waals surface area (Å²) in [4.78, 5) is 14.7. The molecule has 0 atom stereocenters. The predicted octanol–water partition coefficient (Wildman–Crippen LogP) is 4.03. The number of nitrogens with zero attached hydrogens (tertiary/aromatic N) is 1. The molecule has 0 saturated heterocycles. The number of hydrogen-bond acceptors (Lipinski definition) is 4. The van der Waals surface area contributed by atoms with E-state index in [9.17, 15) is 4.79 Å². The fraction of sp³-hybridized carbons (Fsp3) is 0.167. The second kappa shape index (κ2) is 5.77. The first-order valence-corrected chi connectivity index (χ1v) is 7.65. The molecule has 0 bridgehead atoms. The largest absolute Gasteiger partial charge is 0.281 e. The van der Waals surface area contributed by atoms with Crippen LogP contribution < -0.4 is 5.43 Å². The lowest BCUT2D eigenvalue weighted by atomic mass is 10.3. The Bertz CT molecular complexity index is 601. The van der Waals surface area contributed by atoms with E-state index in [4.69, 9.17) is 0 Å². The highest BCUT2D eigenvalue weighted by molar-refractivity contribution is 9.11. The zero-order valence-electron chi connectivity index (χ0n) is 9.86. The van der Waals surface area contributed by atoms with Gasteiger partial charge < -0.3 is 0 Å². The van der Waals surface area contributed by atoms with Gasteiger partial charge in [-0.3, -0.25) is 4.79 Å². The van der Waals surface area contributed by atoms with Crippen LogP contribution in [0.15, 0.2) is 33.2 Å². The average Bonchev–Trinajstić information content (AvgIpc) is 2.94. The van der Waals surface area contributed by atoms with E-state index in [1.807, 2.05) is 32.0 Å². The van der Waals surface area contributed by atoms with Gasteiger partial charge in [-0.15, -0.1) is 22.7 Å². The third-order valence-corrected chi connectivity index (χ3v) is 4.95. The number of halogens is 1. The number of amides is 1. The summed E-state index contributed by atoms with van der Waals surface area (Å²) in [5.74, 6) is -0.182. The number of hydrazone groups is 1. The summed E-state index contributed by atoms with van der Waals surface area (Å²) < 4.78 is 0.933. The number of aryl methyl sites for hydroxylation is 1. The van der Waals surface area contributed by atoms with Crippen LogP contribution in [0.4, 0.5) is 0 Å². The van der Waals surface area contributed by atoms with Gasteiger partial charge in [0.05, 0.1) is 19.3 Å². The highest BCUT2D eigenvalue weighted by Crippen LogP contribution is 2.22. The summed E-state index contributed by atoms with van der Waals surface area (Å²) in [6.07, 6.45) is 0. The summed E-state index contributed by atoms with van der Waals surface area (Å²) in [6, 6.07) is 7.66.